The van der Waals surface area contributed by atoms with E-state index in [1.165, 1.54) is 12.1 Å². The van der Waals surface area contributed by atoms with Gasteiger partial charge in [0.05, 0.1) is 12.1 Å². The van der Waals surface area contributed by atoms with Gasteiger partial charge in [0.1, 0.15) is 11.6 Å². The third-order valence-corrected chi connectivity index (χ3v) is 2.98. The van der Waals surface area contributed by atoms with Crippen LogP contribution >= 0.6 is 0 Å². The van der Waals surface area contributed by atoms with Gasteiger partial charge in [-0.1, -0.05) is 5.16 Å². The zero-order valence-corrected chi connectivity index (χ0v) is 11.1. The van der Waals surface area contributed by atoms with Gasteiger partial charge in [-0.3, -0.25) is 4.79 Å². The lowest BCUT2D eigenvalue weighted by atomic mass is 10.1. The molecule has 0 fully saturated rings. The summed E-state index contributed by atoms with van der Waals surface area (Å²) in [5.74, 6) is 0.147. The summed E-state index contributed by atoms with van der Waals surface area (Å²) in [6.07, 6.45) is 0.192. The van der Waals surface area contributed by atoms with Crippen LogP contribution in [-0.2, 0) is 11.2 Å². The van der Waals surface area contributed by atoms with E-state index in [4.69, 9.17) is 4.52 Å². The summed E-state index contributed by atoms with van der Waals surface area (Å²) in [4.78, 5) is 11.9. The second-order valence-corrected chi connectivity index (χ2v) is 4.49. The van der Waals surface area contributed by atoms with E-state index in [0.717, 1.165) is 5.56 Å². The fraction of sp³-hybridized carbons (Fsp3) is 0.286. The quantitative estimate of drug-likeness (QED) is 0.925. The summed E-state index contributed by atoms with van der Waals surface area (Å²) in [7, 11) is 0. The summed E-state index contributed by atoms with van der Waals surface area (Å²) in [5.41, 5.74) is 2.80. The van der Waals surface area contributed by atoms with Crippen LogP contribution in [0.4, 0.5) is 10.1 Å². The molecule has 2 aromatic rings. The highest BCUT2D eigenvalue weighted by atomic mass is 19.1. The van der Waals surface area contributed by atoms with E-state index in [0.29, 0.717) is 22.7 Å². The predicted molar refractivity (Wildman–Crippen MR) is 69.4 cm³/mol. The Bertz CT molecular complexity index is 600. The normalized spacial score (nSPS) is 10.5. The molecule has 1 heterocycles. The maximum absolute atomic E-state index is 13.0. The van der Waals surface area contributed by atoms with E-state index in [1.54, 1.807) is 26.8 Å². The summed E-state index contributed by atoms with van der Waals surface area (Å²) in [6.45, 7) is 5.31. The third-order valence-electron chi connectivity index (χ3n) is 2.98. The molecule has 1 aromatic carbocycles. The zero-order valence-electron chi connectivity index (χ0n) is 11.1. The lowest BCUT2D eigenvalue weighted by Gasteiger charge is -2.08. The lowest BCUT2D eigenvalue weighted by Crippen LogP contribution is -2.16. The van der Waals surface area contributed by atoms with Crippen LogP contribution in [-0.4, -0.2) is 11.1 Å². The first-order valence-corrected chi connectivity index (χ1v) is 5.95. The second kappa shape index (κ2) is 5.22. The number of aromatic nitrogens is 1. The molecular formula is C14H15FN2O2. The van der Waals surface area contributed by atoms with Crippen molar-refractivity contribution in [2.24, 2.45) is 0 Å². The van der Waals surface area contributed by atoms with Crippen LogP contribution in [0, 0.1) is 26.6 Å². The molecule has 0 atom stereocenters. The number of anilines is 1. The smallest absolute Gasteiger partial charge is 0.229 e. The molecule has 1 N–H and O–H groups in total. The van der Waals surface area contributed by atoms with E-state index < -0.39 is 0 Å². The number of nitrogens with zero attached hydrogens (tertiary/aromatic N) is 1. The van der Waals surface area contributed by atoms with Crippen LogP contribution in [0.3, 0.4) is 0 Å². The Kier molecular flexibility index (Phi) is 3.64. The van der Waals surface area contributed by atoms with Crippen molar-refractivity contribution >= 4 is 11.6 Å². The minimum Gasteiger partial charge on any atom is -0.361 e. The number of nitrogens with one attached hydrogen (secondary N) is 1. The number of amides is 1. The van der Waals surface area contributed by atoms with E-state index >= 15 is 0 Å². The van der Waals surface area contributed by atoms with Crippen LogP contribution < -0.4 is 5.32 Å². The van der Waals surface area contributed by atoms with Crippen molar-refractivity contribution in [2.45, 2.75) is 27.2 Å². The van der Waals surface area contributed by atoms with Crippen LogP contribution in [0.5, 0.6) is 0 Å². The van der Waals surface area contributed by atoms with E-state index in [-0.39, 0.29) is 18.1 Å². The fourth-order valence-electron chi connectivity index (χ4n) is 1.88. The molecule has 100 valence electrons. The average molecular weight is 262 g/mol. The first-order valence-electron chi connectivity index (χ1n) is 5.95. The molecule has 0 bridgehead atoms. The molecule has 19 heavy (non-hydrogen) atoms. The Labute approximate surface area is 110 Å². The highest BCUT2D eigenvalue weighted by Gasteiger charge is 2.14. The molecular weight excluding hydrogens is 247 g/mol. The van der Waals surface area contributed by atoms with Crippen molar-refractivity contribution in [1.29, 1.82) is 0 Å². The van der Waals surface area contributed by atoms with Crippen molar-refractivity contribution in [1.82, 2.24) is 5.16 Å². The number of benzene rings is 1. The maximum Gasteiger partial charge on any atom is 0.229 e. The SMILES string of the molecule is Cc1cc(F)ccc1NC(=O)Cc1c(C)noc1C. The van der Waals surface area contributed by atoms with Gasteiger partial charge in [0, 0.05) is 11.3 Å². The van der Waals surface area contributed by atoms with Crippen molar-refractivity contribution in [3.05, 3.63) is 46.6 Å². The Morgan fingerprint density at radius 3 is 2.68 bits per heavy atom. The fourth-order valence-corrected chi connectivity index (χ4v) is 1.88. The number of hydrogen-bond acceptors (Lipinski definition) is 3. The first kappa shape index (κ1) is 13.3. The van der Waals surface area contributed by atoms with Gasteiger partial charge in [0.15, 0.2) is 0 Å². The van der Waals surface area contributed by atoms with Gasteiger partial charge in [-0.05, 0) is 44.5 Å². The average Bonchev–Trinajstić information content (AvgIpc) is 2.65. The zero-order chi connectivity index (χ0) is 14.0. The van der Waals surface area contributed by atoms with Gasteiger partial charge in [-0.15, -0.1) is 0 Å². The molecule has 1 aromatic heterocycles. The molecule has 0 radical (unpaired) electrons. The molecule has 0 aliphatic heterocycles. The maximum atomic E-state index is 13.0. The standard InChI is InChI=1S/C14H15FN2O2/c1-8-6-11(15)4-5-13(8)16-14(18)7-12-9(2)17-19-10(12)3/h4-6H,7H2,1-3H3,(H,16,18). The van der Waals surface area contributed by atoms with Gasteiger partial charge < -0.3 is 9.84 Å². The van der Waals surface area contributed by atoms with Crippen LogP contribution in [0.2, 0.25) is 0 Å². The Morgan fingerprint density at radius 1 is 1.37 bits per heavy atom. The number of rotatable bonds is 3. The molecule has 0 spiro atoms. The predicted octanol–water partition coefficient (Wildman–Crippen LogP) is 2.92. The highest BCUT2D eigenvalue weighted by Crippen LogP contribution is 2.17. The largest absolute Gasteiger partial charge is 0.361 e. The van der Waals surface area contributed by atoms with Gasteiger partial charge in [0.25, 0.3) is 0 Å². The molecule has 0 aliphatic carbocycles. The number of halogens is 1. The summed E-state index contributed by atoms with van der Waals surface area (Å²) < 4.78 is 18.0. The molecule has 0 aliphatic rings. The lowest BCUT2D eigenvalue weighted by molar-refractivity contribution is -0.115. The number of carbonyl (C=O) groups excluding carboxylic acids is 1. The minimum absolute atomic E-state index is 0.177. The van der Waals surface area contributed by atoms with Crippen molar-refractivity contribution in [2.75, 3.05) is 5.32 Å². The molecule has 5 heteroatoms. The molecule has 0 saturated heterocycles. The number of carbonyl (C=O) groups is 1. The van der Waals surface area contributed by atoms with Gasteiger partial charge in [-0.25, -0.2) is 4.39 Å². The molecule has 2 rings (SSSR count). The van der Waals surface area contributed by atoms with Crippen molar-refractivity contribution in [3.8, 4) is 0 Å². The van der Waals surface area contributed by atoms with E-state index in [9.17, 15) is 9.18 Å². The van der Waals surface area contributed by atoms with Crippen LogP contribution in [0.1, 0.15) is 22.6 Å². The highest BCUT2D eigenvalue weighted by molar-refractivity contribution is 5.93. The second-order valence-electron chi connectivity index (χ2n) is 4.49. The topological polar surface area (TPSA) is 55.1 Å². The Balaban J connectivity index is 2.10. The number of aryl methyl sites for hydroxylation is 3. The Morgan fingerprint density at radius 2 is 2.11 bits per heavy atom. The van der Waals surface area contributed by atoms with E-state index in [1.807, 2.05) is 0 Å². The van der Waals surface area contributed by atoms with Crippen LogP contribution in [0.25, 0.3) is 0 Å². The monoisotopic (exact) mass is 262 g/mol. The van der Waals surface area contributed by atoms with Gasteiger partial charge in [-0.2, -0.15) is 0 Å². The molecule has 0 unspecified atom stereocenters. The van der Waals surface area contributed by atoms with Crippen molar-refractivity contribution in [3.63, 3.8) is 0 Å². The molecule has 4 nitrogen and oxygen atoms in total. The van der Waals surface area contributed by atoms with E-state index in [2.05, 4.69) is 10.5 Å². The Hall–Kier alpha value is -2.17. The summed E-state index contributed by atoms with van der Waals surface area (Å²) >= 11 is 0. The van der Waals surface area contributed by atoms with Crippen molar-refractivity contribution < 1.29 is 13.7 Å². The number of hydrogen-bond donors (Lipinski definition) is 1. The van der Waals surface area contributed by atoms with Gasteiger partial charge >= 0.3 is 0 Å². The minimum atomic E-state index is -0.318. The third kappa shape index (κ3) is 2.99. The van der Waals surface area contributed by atoms with Gasteiger partial charge in [0.2, 0.25) is 5.91 Å². The van der Waals surface area contributed by atoms with Crippen LogP contribution in [0.15, 0.2) is 22.7 Å². The molecule has 0 saturated carbocycles. The first-order chi connectivity index (χ1) is 8.97. The summed E-state index contributed by atoms with van der Waals surface area (Å²) in [6, 6.07) is 4.25. The summed E-state index contributed by atoms with van der Waals surface area (Å²) in [5, 5.41) is 6.56. The molecule has 1 amide bonds.